The molecule has 1 heterocycles. The van der Waals surface area contributed by atoms with Crippen molar-refractivity contribution in [1.29, 1.82) is 0 Å². The lowest BCUT2D eigenvalue weighted by Crippen LogP contribution is -2.33. The van der Waals surface area contributed by atoms with Gasteiger partial charge in [-0.1, -0.05) is 12.5 Å². The number of aryl methyl sites for hydroxylation is 2. The summed E-state index contributed by atoms with van der Waals surface area (Å²) in [5, 5.41) is 3.02. The van der Waals surface area contributed by atoms with E-state index in [0.29, 0.717) is 0 Å². The van der Waals surface area contributed by atoms with Gasteiger partial charge in [-0.15, -0.1) is 0 Å². The minimum absolute atomic E-state index is 0.0479. The average molecular weight is 274 g/mol. The number of nitrogens with one attached hydrogen (secondary N) is 1. The van der Waals surface area contributed by atoms with E-state index in [1.54, 1.807) is 0 Å². The number of hydrogen-bond acceptors (Lipinski definition) is 2. The first kappa shape index (κ1) is 15.0. The molecule has 0 aromatic heterocycles. The molecule has 1 N–H and O–H groups in total. The highest BCUT2D eigenvalue weighted by atomic mass is 16.1. The first-order chi connectivity index (χ1) is 9.66. The number of carbonyl (C=O) groups excluding carboxylic acids is 1. The fraction of sp³-hybridized carbons (Fsp3) is 0.588. The third-order valence-corrected chi connectivity index (χ3v) is 4.15. The van der Waals surface area contributed by atoms with E-state index < -0.39 is 0 Å². The molecule has 0 unspecified atom stereocenters. The van der Waals surface area contributed by atoms with Gasteiger partial charge < -0.3 is 10.2 Å². The SMILES string of the molecule is Cc1ccc(C(=O)NCCCN2CCCCC2)cc1C. The molecular weight excluding hydrogens is 248 g/mol. The summed E-state index contributed by atoms with van der Waals surface area (Å²) in [4.78, 5) is 14.5. The summed E-state index contributed by atoms with van der Waals surface area (Å²) in [6.07, 6.45) is 5.07. The summed E-state index contributed by atoms with van der Waals surface area (Å²) < 4.78 is 0. The van der Waals surface area contributed by atoms with Gasteiger partial charge in [0.1, 0.15) is 0 Å². The van der Waals surface area contributed by atoms with Crippen LogP contribution in [0.3, 0.4) is 0 Å². The van der Waals surface area contributed by atoms with Crippen LogP contribution in [0.4, 0.5) is 0 Å². The Hall–Kier alpha value is -1.35. The lowest BCUT2D eigenvalue weighted by Gasteiger charge is -2.26. The number of hydrogen-bond donors (Lipinski definition) is 1. The Labute approximate surface area is 122 Å². The van der Waals surface area contributed by atoms with Crippen molar-refractivity contribution in [2.45, 2.75) is 39.5 Å². The van der Waals surface area contributed by atoms with Gasteiger partial charge in [-0.2, -0.15) is 0 Å². The van der Waals surface area contributed by atoms with Crippen LogP contribution < -0.4 is 5.32 Å². The van der Waals surface area contributed by atoms with Crippen molar-refractivity contribution < 1.29 is 4.79 Å². The number of piperidine rings is 1. The zero-order chi connectivity index (χ0) is 14.4. The predicted octanol–water partition coefficient (Wildman–Crippen LogP) is 2.91. The molecule has 1 amide bonds. The molecule has 1 aliphatic rings. The second kappa shape index (κ2) is 7.44. The van der Waals surface area contributed by atoms with Crippen molar-refractivity contribution in [2.75, 3.05) is 26.2 Å². The molecule has 0 atom stereocenters. The van der Waals surface area contributed by atoms with Crippen LogP contribution in [0.5, 0.6) is 0 Å². The summed E-state index contributed by atoms with van der Waals surface area (Å²) in [5.74, 6) is 0.0479. The van der Waals surface area contributed by atoms with Gasteiger partial charge in [0.2, 0.25) is 0 Å². The van der Waals surface area contributed by atoms with E-state index in [2.05, 4.69) is 17.1 Å². The van der Waals surface area contributed by atoms with E-state index in [0.717, 1.165) is 25.1 Å². The van der Waals surface area contributed by atoms with Crippen LogP contribution in [0.1, 0.15) is 47.2 Å². The maximum absolute atomic E-state index is 12.0. The van der Waals surface area contributed by atoms with Crippen LogP contribution in [0.15, 0.2) is 18.2 Å². The highest BCUT2D eigenvalue weighted by Gasteiger charge is 2.10. The Bertz CT molecular complexity index is 450. The molecular formula is C17H26N2O. The number of amides is 1. The lowest BCUT2D eigenvalue weighted by molar-refractivity contribution is 0.0951. The van der Waals surface area contributed by atoms with E-state index in [1.807, 2.05) is 25.1 Å². The number of nitrogens with zero attached hydrogens (tertiary/aromatic N) is 1. The number of rotatable bonds is 5. The molecule has 0 radical (unpaired) electrons. The molecule has 20 heavy (non-hydrogen) atoms. The van der Waals surface area contributed by atoms with Crippen LogP contribution in [0, 0.1) is 13.8 Å². The summed E-state index contributed by atoms with van der Waals surface area (Å²) in [5.41, 5.74) is 3.17. The molecule has 0 aliphatic carbocycles. The van der Waals surface area contributed by atoms with Gasteiger partial charge in [0.25, 0.3) is 5.91 Å². The molecule has 2 rings (SSSR count). The molecule has 1 aromatic rings. The summed E-state index contributed by atoms with van der Waals surface area (Å²) in [6.45, 7) is 8.43. The van der Waals surface area contributed by atoms with Crippen molar-refractivity contribution in [3.63, 3.8) is 0 Å². The first-order valence-corrected chi connectivity index (χ1v) is 7.74. The summed E-state index contributed by atoms with van der Waals surface area (Å²) in [7, 11) is 0. The predicted molar refractivity (Wildman–Crippen MR) is 83.2 cm³/mol. The van der Waals surface area contributed by atoms with Gasteiger partial charge >= 0.3 is 0 Å². The normalized spacial score (nSPS) is 16.1. The Morgan fingerprint density at radius 3 is 2.60 bits per heavy atom. The topological polar surface area (TPSA) is 32.3 Å². The maximum Gasteiger partial charge on any atom is 0.251 e. The van der Waals surface area contributed by atoms with Crippen LogP contribution >= 0.6 is 0 Å². The van der Waals surface area contributed by atoms with Gasteiger partial charge in [-0.05, 0) is 76.0 Å². The second-order valence-corrected chi connectivity index (χ2v) is 5.81. The largest absolute Gasteiger partial charge is 0.352 e. The summed E-state index contributed by atoms with van der Waals surface area (Å²) >= 11 is 0. The Morgan fingerprint density at radius 1 is 1.15 bits per heavy atom. The van der Waals surface area contributed by atoms with Gasteiger partial charge in [0.05, 0.1) is 0 Å². The highest BCUT2D eigenvalue weighted by molar-refractivity contribution is 5.94. The number of benzene rings is 1. The van der Waals surface area contributed by atoms with E-state index >= 15 is 0 Å². The maximum atomic E-state index is 12.0. The first-order valence-electron chi connectivity index (χ1n) is 7.74. The minimum Gasteiger partial charge on any atom is -0.352 e. The molecule has 3 heteroatoms. The molecule has 0 bridgehead atoms. The van der Waals surface area contributed by atoms with Crippen molar-refractivity contribution in [3.05, 3.63) is 34.9 Å². The van der Waals surface area contributed by atoms with Gasteiger partial charge in [0.15, 0.2) is 0 Å². The van der Waals surface area contributed by atoms with Gasteiger partial charge in [-0.3, -0.25) is 4.79 Å². The summed E-state index contributed by atoms with van der Waals surface area (Å²) in [6, 6.07) is 5.88. The van der Waals surface area contributed by atoms with Crippen LogP contribution in [-0.2, 0) is 0 Å². The standard InChI is InChI=1S/C17H26N2O/c1-14-7-8-16(13-15(14)2)17(20)18-9-6-12-19-10-4-3-5-11-19/h7-8,13H,3-6,9-12H2,1-2H3,(H,18,20). The highest BCUT2D eigenvalue weighted by Crippen LogP contribution is 2.10. The minimum atomic E-state index is 0.0479. The smallest absolute Gasteiger partial charge is 0.251 e. The zero-order valence-corrected chi connectivity index (χ0v) is 12.7. The van der Waals surface area contributed by atoms with E-state index in [-0.39, 0.29) is 5.91 Å². The third-order valence-electron chi connectivity index (χ3n) is 4.15. The molecule has 110 valence electrons. The van der Waals surface area contributed by atoms with Crippen molar-refractivity contribution in [2.24, 2.45) is 0 Å². The van der Waals surface area contributed by atoms with Crippen LogP contribution in [0.2, 0.25) is 0 Å². The average Bonchev–Trinajstić information content (AvgIpc) is 2.47. The number of likely N-dealkylation sites (tertiary alicyclic amines) is 1. The molecule has 1 fully saturated rings. The Balaban J connectivity index is 1.70. The monoisotopic (exact) mass is 274 g/mol. The molecule has 1 aliphatic heterocycles. The quantitative estimate of drug-likeness (QED) is 0.837. The van der Waals surface area contributed by atoms with Crippen LogP contribution in [0.25, 0.3) is 0 Å². The Morgan fingerprint density at radius 2 is 1.90 bits per heavy atom. The van der Waals surface area contributed by atoms with Crippen molar-refractivity contribution in [1.82, 2.24) is 10.2 Å². The van der Waals surface area contributed by atoms with E-state index in [4.69, 9.17) is 0 Å². The molecule has 1 aromatic carbocycles. The van der Waals surface area contributed by atoms with Crippen molar-refractivity contribution in [3.8, 4) is 0 Å². The molecule has 0 spiro atoms. The number of carbonyl (C=O) groups is 1. The molecule has 1 saturated heterocycles. The van der Waals surface area contributed by atoms with Crippen molar-refractivity contribution >= 4 is 5.91 Å². The third kappa shape index (κ3) is 4.34. The van der Waals surface area contributed by atoms with E-state index in [1.165, 1.54) is 43.5 Å². The Kier molecular flexibility index (Phi) is 5.60. The molecule has 0 saturated carbocycles. The second-order valence-electron chi connectivity index (χ2n) is 5.81. The van der Waals surface area contributed by atoms with Crippen LogP contribution in [-0.4, -0.2) is 37.0 Å². The zero-order valence-electron chi connectivity index (χ0n) is 12.7. The van der Waals surface area contributed by atoms with E-state index in [9.17, 15) is 4.79 Å². The van der Waals surface area contributed by atoms with Gasteiger partial charge in [0, 0.05) is 12.1 Å². The van der Waals surface area contributed by atoms with Gasteiger partial charge in [-0.25, -0.2) is 0 Å². The fourth-order valence-electron chi connectivity index (χ4n) is 2.67. The lowest BCUT2D eigenvalue weighted by atomic mass is 10.1. The molecule has 3 nitrogen and oxygen atoms in total. The fourth-order valence-corrected chi connectivity index (χ4v) is 2.67.